The first-order valence-electron chi connectivity index (χ1n) is 9.53. The largest absolute Gasteiger partial charge is 0.497 e. The van der Waals surface area contributed by atoms with E-state index in [1.54, 1.807) is 37.7 Å². The van der Waals surface area contributed by atoms with Crippen LogP contribution in [-0.4, -0.2) is 24.2 Å². The lowest BCUT2D eigenvalue weighted by Gasteiger charge is -2.10. The van der Waals surface area contributed by atoms with E-state index in [-0.39, 0.29) is 0 Å². The minimum absolute atomic E-state index is 0.767. The van der Waals surface area contributed by atoms with E-state index < -0.39 is 0 Å². The van der Waals surface area contributed by atoms with Gasteiger partial charge in [0.25, 0.3) is 0 Å². The lowest BCUT2D eigenvalue weighted by atomic mass is 10.2. The fourth-order valence-corrected chi connectivity index (χ4v) is 4.68. The van der Waals surface area contributed by atoms with Crippen molar-refractivity contribution in [2.24, 2.45) is 0 Å². The van der Waals surface area contributed by atoms with Gasteiger partial charge in [0.1, 0.15) is 11.5 Å². The van der Waals surface area contributed by atoms with Crippen molar-refractivity contribution in [1.82, 2.24) is 9.97 Å². The molecule has 0 aliphatic heterocycles. The summed E-state index contributed by atoms with van der Waals surface area (Å²) in [7, 11) is 3.36. The standard InChI is InChI=1S/C24H22N2O2S2/c1-27-17-7-11-19(12-8-17)29-15-23-24(26-22-6-4-3-5-21(22)25-23)16-30-20-13-9-18(28-2)10-14-20/h3-14H,15-16H2,1-2H3. The van der Waals surface area contributed by atoms with Crippen LogP contribution in [0.25, 0.3) is 11.0 Å². The number of nitrogens with zero attached hydrogens (tertiary/aromatic N) is 2. The molecule has 0 bridgehead atoms. The Balaban J connectivity index is 1.54. The molecule has 1 heterocycles. The summed E-state index contributed by atoms with van der Waals surface area (Å²) in [4.78, 5) is 12.2. The van der Waals surface area contributed by atoms with E-state index in [2.05, 4.69) is 24.3 Å². The number of ether oxygens (including phenoxy) is 2. The van der Waals surface area contributed by atoms with Gasteiger partial charge in [0.05, 0.1) is 36.6 Å². The quantitative estimate of drug-likeness (QED) is 0.306. The Morgan fingerprint density at radius 3 is 1.37 bits per heavy atom. The molecule has 1 aromatic heterocycles. The number of hydrogen-bond donors (Lipinski definition) is 0. The van der Waals surface area contributed by atoms with E-state index >= 15 is 0 Å². The molecule has 0 radical (unpaired) electrons. The molecule has 0 amide bonds. The van der Waals surface area contributed by atoms with Crippen LogP contribution >= 0.6 is 23.5 Å². The Hall–Kier alpha value is -2.70. The molecule has 0 atom stereocenters. The van der Waals surface area contributed by atoms with E-state index in [0.29, 0.717) is 0 Å². The Morgan fingerprint density at radius 2 is 1.00 bits per heavy atom. The van der Waals surface area contributed by atoms with E-state index in [1.165, 1.54) is 9.79 Å². The second kappa shape index (κ2) is 9.87. The molecular formula is C24H22N2O2S2. The van der Waals surface area contributed by atoms with Crippen LogP contribution in [0.5, 0.6) is 11.5 Å². The van der Waals surface area contributed by atoms with Crippen LogP contribution in [0.15, 0.2) is 82.6 Å². The minimum Gasteiger partial charge on any atom is -0.497 e. The number of thioether (sulfide) groups is 2. The maximum Gasteiger partial charge on any atom is 0.118 e. The molecule has 152 valence electrons. The molecule has 0 aliphatic carbocycles. The molecule has 0 saturated carbocycles. The van der Waals surface area contributed by atoms with Gasteiger partial charge in [-0.15, -0.1) is 23.5 Å². The first-order valence-corrected chi connectivity index (χ1v) is 11.5. The summed E-state index contributed by atoms with van der Waals surface area (Å²) in [6.45, 7) is 0. The van der Waals surface area contributed by atoms with Crippen molar-refractivity contribution in [1.29, 1.82) is 0 Å². The number of rotatable bonds is 8. The maximum absolute atomic E-state index is 5.25. The normalized spacial score (nSPS) is 10.9. The van der Waals surface area contributed by atoms with Gasteiger partial charge in [-0.3, -0.25) is 0 Å². The summed E-state index contributed by atoms with van der Waals surface area (Å²) < 4.78 is 10.5. The molecule has 0 fully saturated rings. The zero-order valence-corrected chi connectivity index (χ0v) is 18.5. The third kappa shape index (κ3) is 5.07. The monoisotopic (exact) mass is 434 g/mol. The van der Waals surface area contributed by atoms with Crippen molar-refractivity contribution in [2.45, 2.75) is 21.3 Å². The van der Waals surface area contributed by atoms with Crippen LogP contribution in [-0.2, 0) is 11.5 Å². The van der Waals surface area contributed by atoms with E-state index in [0.717, 1.165) is 45.4 Å². The third-order valence-corrected chi connectivity index (χ3v) is 6.64. The second-order valence-electron chi connectivity index (χ2n) is 6.53. The number of methoxy groups -OCH3 is 2. The average molecular weight is 435 g/mol. The zero-order valence-electron chi connectivity index (χ0n) is 16.9. The van der Waals surface area contributed by atoms with Crippen LogP contribution < -0.4 is 9.47 Å². The zero-order chi connectivity index (χ0) is 20.8. The lowest BCUT2D eigenvalue weighted by molar-refractivity contribution is 0.414. The molecule has 6 heteroatoms. The molecule has 0 spiro atoms. The number of hydrogen-bond acceptors (Lipinski definition) is 6. The molecule has 0 aliphatic rings. The van der Waals surface area contributed by atoms with Gasteiger partial charge in [0.15, 0.2) is 0 Å². The molecule has 30 heavy (non-hydrogen) atoms. The molecule has 3 aromatic carbocycles. The fraction of sp³-hybridized carbons (Fsp3) is 0.167. The summed E-state index contributed by atoms with van der Waals surface area (Å²) in [5, 5.41) is 0. The molecule has 0 saturated heterocycles. The Kier molecular flexibility index (Phi) is 6.77. The third-order valence-electron chi connectivity index (χ3n) is 4.60. The predicted octanol–water partition coefficient (Wildman–Crippen LogP) is 6.23. The molecule has 4 rings (SSSR count). The minimum atomic E-state index is 0.767. The van der Waals surface area contributed by atoms with Crippen molar-refractivity contribution in [3.63, 3.8) is 0 Å². The maximum atomic E-state index is 5.25. The highest BCUT2D eigenvalue weighted by molar-refractivity contribution is 7.99. The Labute approximate surface area is 185 Å². The first-order chi connectivity index (χ1) is 14.7. The predicted molar refractivity (Wildman–Crippen MR) is 125 cm³/mol. The van der Waals surface area contributed by atoms with Gasteiger partial charge < -0.3 is 9.47 Å². The van der Waals surface area contributed by atoms with Crippen molar-refractivity contribution in [3.05, 3.63) is 84.2 Å². The van der Waals surface area contributed by atoms with Gasteiger partial charge in [-0.2, -0.15) is 0 Å². The van der Waals surface area contributed by atoms with Gasteiger partial charge >= 0.3 is 0 Å². The number of para-hydroxylation sites is 2. The van der Waals surface area contributed by atoms with Gasteiger partial charge in [0.2, 0.25) is 0 Å². The summed E-state index contributed by atoms with van der Waals surface area (Å²) >= 11 is 3.52. The van der Waals surface area contributed by atoms with Gasteiger partial charge in [-0.05, 0) is 60.7 Å². The lowest BCUT2D eigenvalue weighted by Crippen LogP contribution is -2.00. The fourth-order valence-electron chi connectivity index (χ4n) is 2.95. The van der Waals surface area contributed by atoms with Crippen molar-refractivity contribution < 1.29 is 9.47 Å². The van der Waals surface area contributed by atoms with E-state index in [4.69, 9.17) is 19.4 Å². The van der Waals surface area contributed by atoms with Gasteiger partial charge in [0, 0.05) is 21.3 Å². The average Bonchev–Trinajstić information content (AvgIpc) is 2.81. The highest BCUT2D eigenvalue weighted by atomic mass is 32.2. The second-order valence-corrected chi connectivity index (χ2v) is 8.63. The highest BCUT2D eigenvalue weighted by Crippen LogP contribution is 2.30. The summed E-state index contributed by atoms with van der Waals surface area (Å²) in [5.74, 6) is 3.26. The Morgan fingerprint density at radius 1 is 0.600 bits per heavy atom. The topological polar surface area (TPSA) is 44.2 Å². The van der Waals surface area contributed by atoms with Crippen molar-refractivity contribution in [3.8, 4) is 11.5 Å². The molecule has 0 N–H and O–H groups in total. The van der Waals surface area contributed by atoms with Crippen LogP contribution in [0.3, 0.4) is 0 Å². The number of fused-ring (bicyclic) bond motifs is 1. The SMILES string of the molecule is COc1ccc(SCc2nc3ccccc3nc2CSc2ccc(OC)cc2)cc1. The van der Waals surface area contributed by atoms with Crippen LogP contribution in [0, 0.1) is 0 Å². The number of aromatic nitrogens is 2. The highest BCUT2D eigenvalue weighted by Gasteiger charge is 2.11. The molecule has 4 nitrogen and oxygen atoms in total. The molecule has 0 unspecified atom stereocenters. The first kappa shape index (κ1) is 20.6. The van der Waals surface area contributed by atoms with Crippen LogP contribution in [0.1, 0.15) is 11.4 Å². The van der Waals surface area contributed by atoms with Gasteiger partial charge in [-0.25, -0.2) is 9.97 Å². The summed E-state index contributed by atoms with van der Waals surface area (Å²) in [6, 6.07) is 24.3. The van der Waals surface area contributed by atoms with Crippen LogP contribution in [0.2, 0.25) is 0 Å². The van der Waals surface area contributed by atoms with E-state index in [9.17, 15) is 0 Å². The molecular weight excluding hydrogens is 412 g/mol. The van der Waals surface area contributed by atoms with Crippen molar-refractivity contribution >= 4 is 34.6 Å². The van der Waals surface area contributed by atoms with Gasteiger partial charge in [-0.1, -0.05) is 12.1 Å². The van der Waals surface area contributed by atoms with Crippen LogP contribution in [0.4, 0.5) is 0 Å². The summed E-state index contributed by atoms with van der Waals surface area (Å²) in [6.07, 6.45) is 0. The van der Waals surface area contributed by atoms with Crippen molar-refractivity contribution in [2.75, 3.05) is 14.2 Å². The summed E-state index contributed by atoms with van der Waals surface area (Å²) in [5.41, 5.74) is 3.91. The number of benzene rings is 3. The molecule has 4 aromatic rings. The smallest absolute Gasteiger partial charge is 0.118 e. The van der Waals surface area contributed by atoms with E-state index in [1.807, 2.05) is 48.5 Å². The Bertz CT molecular complexity index is 1030.